The van der Waals surface area contributed by atoms with E-state index >= 15 is 0 Å². The molecule has 0 unspecified atom stereocenters. The largest absolute Gasteiger partial charge is 0.475 e. The Hall–Kier alpha value is -1.60. The number of fused-ring (bicyclic) bond motifs is 2. The monoisotopic (exact) mass is 328 g/mol. The number of carbonyl (C=O) groups excluding carboxylic acids is 1. The Kier molecular flexibility index (Phi) is 3.62. The van der Waals surface area contributed by atoms with E-state index in [0.29, 0.717) is 9.79 Å². The molecule has 2 nitrogen and oxygen atoms in total. The van der Waals surface area contributed by atoms with E-state index in [0.717, 1.165) is 9.79 Å². The molecule has 0 fully saturated rings. The molecule has 1 heterocycles. The number of hydrogen-bond acceptors (Lipinski definition) is 2. The Morgan fingerprint density at radius 2 is 1.43 bits per heavy atom. The molecule has 0 saturated heterocycles. The summed E-state index contributed by atoms with van der Waals surface area (Å²) < 4.78 is 39.8. The van der Waals surface area contributed by atoms with Crippen molar-refractivity contribution in [3.05, 3.63) is 48.5 Å². The lowest BCUT2D eigenvalue weighted by Crippen LogP contribution is -2.41. The van der Waals surface area contributed by atoms with Gasteiger partial charge in [-0.05, 0) is 24.3 Å². The average molecular weight is 328 g/mol. The quantitative estimate of drug-likeness (QED) is 0.807. The van der Waals surface area contributed by atoms with E-state index in [4.69, 9.17) is 0 Å². The number of halogens is 3. The van der Waals surface area contributed by atoms with Crippen LogP contribution in [0.15, 0.2) is 68.1 Å². The van der Waals surface area contributed by atoms with Gasteiger partial charge in [0.1, 0.15) is 0 Å². The first-order valence-corrected chi connectivity index (χ1v) is 7.99. The highest BCUT2D eigenvalue weighted by Gasteiger charge is 2.46. The van der Waals surface area contributed by atoms with E-state index in [1.54, 1.807) is 24.3 Å². The molecule has 0 spiro atoms. The van der Waals surface area contributed by atoms with Crippen molar-refractivity contribution in [2.45, 2.75) is 25.8 Å². The van der Waals surface area contributed by atoms with Crippen molar-refractivity contribution in [3.63, 3.8) is 0 Å². The molecular formula is C14H9F3NOS2+. The van der Waals surface area contributed by atoms with Crippen molar-refractivity contribution >= 4 is 28.8 Å². The van der Waals surface area contributed by atoms with Gasteiger partial charge in [0.2, 0.25) is 9.79 Å². The Bertz CT molecular complexity index is 657. The highest BCUT2D eigenvalue weighted by Crippen LogP contribution is 2.44. The highest BCUT2D eigenvalue weighted by atomic mass is 32.2. The second-order valence-electron chi connectivity index (χ2n) is 4.23. The number of alkyl halides is 3. The van der Waals surface area contributed by atoms with Gasteiger partial charge in [-0.1, -0.05) is 36.0 Å². The summed E-state index contributed by atoms with van der Waals surface area (Å²) in [4.78, 5) is 14.5. The van der Waals surface area contributed by atoms with Crippen LogP contribution in [0.3, 0.4) is 0 Å². The zero-order valence-electron chi connectivity index (χ0n) is 10.5. The standard InChI is InChI=1S/C14H8F3NOS2/c15-14(16,17)13(19)18-21-11-7-3-1-5-9(11)20-10-6-2-4-8-12(10)21/h1-8H/p+1. The molecule has 108 valence electrons. The van der Waals surface area contributed by atoms with Gasteiger partial charge in [-0.25, -0.2) is 0 Å². The van der Waals surface area contributed by atoms with E-state index in [9.17, 15) is 18.0 Å². The molecule has 0 saturated carbocycles. The van der Waals surface area contributed by atoms with Crippen LogP contribution < -0.4 is 4.72 Å². The van der Waals surface area contributed by atoms with E-state index in [-0.39, 0.29) is 0 Å². The fourth-order valence-electron chi connectivity index (χ4n) is 1.90. The van der Waals surface area contributed by atoms with Gasteiger partial charge in [0, 0.05) is 0 Å². The predicted molar refractivity (Wildman–Crippen MR) is 75.1 cm³/mol. The third kappa shape index (κ3) is 2.75. The van der Waals surface area contributed by atoms with Gasteiger partial charge >= 0.3 is 12.1 Å². The molecular weight excluding hydrogens is 319 g/mol. The molecule has 3 rings (SSSR count). The maximum absolute atomic E-state index is 12.5. The van der Waals surface area contributed by atoms with Crippen molar-refractivity contribution in [2.24, 2.45) is 0 Å². The molecule has 1 N–H and O–H groups in total. The molecule has 0 aliphatic carbocycles. The first-order valence-electron chi connectivity index (χ1n) is 5.95. The Morgan fingerprint density at radius 1 is 0.952 bits per heavy atom. The van der Waals surface area contributed by atoms with Crippen molar-refractivity contribution in [1.29, 1.82) is 0 Å². The van der Waals surface area contributed by atoms with Gasteiger partial charge < -0.3 is 0 Å². The molecule has 0 bridgehead atoms. The number of carbonyl (C=O) groups is 1. The minimum atomic E-state index is -4.89. The van der Waals surface area contributed by atoms with E-state index in [1.165, 1.54) is 11.8 Å². The zero-order chi connectivity index (χ0) is 15.0. The number of nitrogens with one attached hydrogen (secondary N) is 1. The van der Waals surface area contributed by atoms with E-state index in [2.05, 4.69) is 4.72 Å². The Labute approximate surface area is 126 Å². The van der Waals surface area contributed by atoms with Crippen LogP contribution in [0.2, 0.25) is 0 Å². The molecule has 0 radical (unpaired) electrons. The van der Waals surface area contributed by atoms with Crippen LogP contribution in [0.25, 0.3) is 0 Å². The van der Waals surface area contributed by atoms with Crippen molar-refractivity contribution in [2.75, 3.05) is 0 Å². The van der Waals surface area contributed by atoms with Gasteiger partial charge in [-0.3, -0.25) is 4.79 Å². The summed E-state index contributed by atoms with van der Waals surface area (Å²) in [6, 6.07) is 14.3. The first kappa shape index (κ1) is 14.3. The normalized spacial score (nSPS) is 14.2. The van der Waals surface area contributed by atoms with Gasteiger partial charge in [-0.15, -0.1) is 0 Å². The first-order chi connectivity index (χ1) is 9.97. The summed E-state index contributed by atoms with van der Waals surface area (Å²) in [5, 5.41) is 0. The van der Waals surface area contributed by atoms with Crippen LogP contribution in [0.1, 0.15) is 0 Å². The minimum Gasteiger partial charge on any atom is -0.260 e. The van der Waals surface area contributed by atoms with Crippen LogP contribution in [-0.2, 0) is 15.9 Å². The van der Waals surface area contributed by atoms with Gasteiger partial charge in [-0.2, -0.15) is 17.9 Å². The third-order valence-electron chi connectivity index (χ3n) is 2.81. The van der Waals surface area contributed by atoms with Crippen LogP contribution in [0, 0.1) is 0 Å². The zero-order valence-corrected chi connectivity index (χ0v) is 12.1. The molecule has 2 aromatic carbocycles. The molecule has 1 aliphatic rings. The van der Waals surface area contributed by atoms with Crippen LogP contribution in [0.4, 0.5) is 13.2 Å². The Morgan fingerprint density at radius 3 is 1.90 bits per heavy atom. The van der Waals surface area contributed by atoms with Gasteiger partial charge in [0.05, 0.1) is 9.79 Å². The summed E-state index contributed by atoms with van der Waals surface area (Å²) in [7, 11) is 0. The topological polar surface area (TPSA) is 29.1 Å². The molecule has 21 heavy (non-hydrogen) atoms. The summed E-state index contributed by atoms with van der Waals surface area (Å²) >= 11 is 0.384. The van der Waals surface area contributed by atoms with Crippen LogP contribution in [-0.4, -0.2) is 12.1 Å². The minimum absolute atomic E-state index is 0.707. The summed E-state index contributed by atoms with van der Waals surface area (Å²) in [6.07, 6.45) is -4.89. The van der Waals surface area contributed by atoms with Crippen molar-refractivity contribution in [1.82, 2.24) is 4.72 Å². The smallest absolute Gasteiger partial charge is 0.260 e. The van der Waals surface area contributed by atoms with Gasteiger partial charge in [0.25, 0.3) is 0 Å². The lowest BCUT2D eigenvalue weighted by atomic mass is 10.3. The molecule has 2 aromatic rings. The molecule has 7 heteroatoms. The number of benzene rings is 2. The fraction of sp³-hybridized carbons (Fsp3) is 0.0714. The SMILES string of the molecule is O=C(N[S+]1c2ccccc2Sc2ccccc21)C(F)(F)F. The second-order valence-corrected chi connectivity index (χ2v) is 7.01. The highest BCUT2D eigenvalue weighted by molar-refractivity contribution is 8.03. The number of rotatable bonds is 1. The maximum atomic E-state index is 12.5. The maximum Gasteiger partial charge on any atom is 0.475 e. The Balaban J connectivity index is 2.05. The van der Waals surface area contributed by atoms with E-state index < -0.39 is 23.2 Å². The number of amides is 1. The van der Waals surface area contributed by atoms with Gasteiger partial charge in [0.15, 0.2) is 11.1 Å². The van der Waals surface area contributed by atoms with Crippen LogP contribution in [0.5, 0.6) is 0 Å². The fourth-order valence-corrected chi connectivity index (χ4v) is 5.25. The summed E-state index contributed by atoms with van der Waals surface area (Å²) in [6.45, 7) is 0. The average Bonchev–Trinajstić information content (AvgIpc) is 2.46. The van der Waals surface area contributed by atoms with Crippen molar-refractivity contribution < 1.29 is 18.0 Å². The molecule has 0 aromatic heterocycles. The molecule has 0 atom stereocenters. The predicted octanol–water partition coefficient (Wildman–Crippen LogP) is 3.78. The lowest BCUT2D eigenvalue weighted by Gasteiger charge is -2.18. The van der Waals surface area contributed by atoms with E-state index in [1.807, 2.05) is 24.3 Å². The second kappa shape index (κ2) is 5.31. The summed E-state index contributed by atoms with van der Waals surface area (Å²) in [5.41, 5.74) is 0. The molecule has 1 amide bonds. The third-order valence-corrected chi connectivity index (χ3v) is 6.20. The summed E-state index contributed by atoms with van der Waals surface area (Å²) in [5.74, 6) is -1.91. The van der Waals surface area contributed by atoms with Crippen molar-refractivity contribution in [3.8, 4) is 0 Å². The lowest BCUT2D eigenvalue weighted by molar-refractivity contribution is -0.171. The number of hydrogen-bond donors (Lipinski definition) is 1. The molecule has 1 aliphatic heterocycles. The van der Waals surface area contributed by atoms with Crippen LogP contribution >= 0.6 is 11.8 Å².